The summed E-state index contributed by atoms with van der Waals surface area (Å²) in [6.45, 7) is 3.33. The summed E-state index contributed by atoms with van der Waals surface area (Å²) in [6, 6.07) is 3.75. The van der Waals surface area contributed by atoms with Gasteiger partial charge in [-0.2, -0.15) is 13.2 Å². The highest BCUT2D eigenvalue weighted by Gasteiger charge is 2.35. The summed E-state index contributed by atoms with van der Waals surface area (Å²) in [5, 5.41) is 0.105. The van der Waals surface area contributed by atoms with E-state index >= 15 is 0 Å². The number of benzene rings is 1. The van der Waals surface area contributed by atoms with Crippen molar-refractivity contribution >= 4 is 11.6 Å². The third-order valence-corrected chi connectivity index (χ3v) is 2.41. The standard InChI is InChI=1S/C11H13ClF3N/c1-10(2,16)6-7-8(11(13,14)15)4-3-5-9(7)12/h3-5H,6,16H2,1-2H3. The molecule has 1 nitrogen and oxygen atoms in total. The van der Waals surface area contributed by atoms with Gasteiger partial charge < -0.3 is 5.73 Å². The molecule has 0 heterocycles. The molecule has 0 saturated carbocycles. The van der Waals surface area contributed by atoms with Crippen LogP contribution in [0, 0.1) is 0 Å². The highest BCUT2D eigenvalue weighted by Crippen LogP contribution is 2.36. The van der Waals surface area contributed by atoms with Crippen LogP contribution in [0.1, 0.15) is 25.0 Å². The Kier molecular flexibility index (Phi) is 3.55. The Morgan fingerprint density at radius 3 is 2.25 bits per heavy atom. The Morgan fingerprint density at radius 2 is 1.81 bits per heavy atom. The number of hydrogen-bond donors (Lipinski definition) is 1. The van der Waals surface area contributed by atoms with Crippen LogP contribution in [0.5, 0.6) is 0 Å². The first kappa shape index (κ1) is 13.3. The number of hydrogen-bond acceptors (Lipinski definition) is 1. The molecule has 2 N–H and O–H groups in total. The van der Waals surface area contributed by atoms with E-state index < -0.39 is 17.3 Å². The normalized spacial score (nSPS) is 12.9. The zero-order chi connectivity index (χ0) is 12.6. The lowest BCUT2D eigenvalue weighted by Crippen LogP contribution is -2.35. The monoisotopic (exact) mass is 251 g/mol. The van der Waals surface area contributed by atoms with Crippen molar-refractivity contribution in [3.63, 3.8) is 0 Å². The molecule has 1 aromatic rings. The third kappa shape index (κ3) is 3.39. The molecular weight excluding hydrogens is 239 g/mol. The highest BCUT2D eigenvalue weighted by atomic mass is 35.5. The van der Waals surface area contributed by atoms with Crippen LogP contribution in [0.4, 0.5) is 13.2 Å². The molecule has 0 aliphatic carbocycles. The molecule has 0 atom stereocenters. The van der Waals surface area contributed by atoms with Crippen molar-refractivity contribution < 1.29 is 13.2 Å². The molecule has 0 fully saturated rings. The highest BCUT2D eigenvalue weighted by molar-refractivity contribution is 6.31. The predicted octanol–water partition coefficient (Wildman–Crippen LogP) is 3.64. The second-order valence-electron chi connectivity index (χ2n) is 4.43. The van der Waals surface area contributed by atoms with Crippen molar-refractivity contribution in [3.8, 4) is 0 Å². The van der Waals surface area contributed by atoms with Gasteiger partial charge in [-0.1, -0.05) is 17.7 Å². The van der Waals surface area contributed by atoms with Gasteiger partial charge in [0.1, 0.15) is 0 Å². The minimum Gasteiger partial charge on any atom is -0.325 e. The molecule has 1 aromatic carbocycles. The molecule has 0 unspecified atom stereocenters. The molecule has 1 rings (SSSR count). The van der Waals surface area contributed by atoms with Crippen molar-refractivity contribution in [2.45, 2.75) is 32.0 Å². The zero-order valence-corrected chi connectivity index (χ0v) is 9.78. The average Bonchev–Trinajstić information content (AvgIpc) is 2.04. The summed E-state index contributed by atoms with van der Waals surface area (Å²) >= 11 is 5.79. The number of halogens is 4. The van der Waals surface area contributed by atoms with E-state index in [1.807, 2.05) is 0 Å². The van der Waals surface area contributed by atoms with E-state index in [1.54, 1.807) is 13.8 Å². The van der Waals surface area contributed by atoms with E-state index in [4.69, 9.17) is 17.3 Å². The molecule has 16 heavy (non-hydrogen) atoms. The van der Waals surface area contributed by atoms with Crippen LogP contribution in [0.3, 0.4) is 0 Å². The Hall–Kier alpha value is -0.740. The summed E-state index contributed by atoms with van der Waals surface area (Å²) in [7, 11) is 0. The predicted molar refractivity (Wildman–Crippen MR) is 58.4 cm³/mol. The van der Waals surface area contributed by atoms with E-state index in [-0.39, 0.29) is 17.0 Å². The molecule has 0 aliphatic heterocycles. The van der Waals surface area contributed by atoms with E-state index in [0.717, 1.165) is 6.07 Å². The fourth-order valence-electron chi connectivity index (χ4n) is 1.46. The quantitative estimate of drug-likeness (QED) is 0.853. The van der Waals surface area contributed by atoms with Gasteiger partial charge in [-0.25, -0.2) is 0 Å². The Morgan fingerprint density at radius 1 is 1.25 bits per heavy atom. The largest absolute Gasteiger partial charge is 0.416 e. The summed E-state index contributed by atoms with van der Waals surface area (Å²) < 4.78 is 38.1. The fraction of sp³-hybridized carbons (Fsp3) is 0.455. The summed E-state index contributed by atoms with van der Waals surface area (Å²) in [5.41, 5.74) is 4.34. The van der Waals surface area contributed by atoms with Crippen LogP contribution in [0.15, 0.2) is 18.2 Å². The van der Waals surface area contributed by atoms with Gasteiger partial charge in [0.15, 0.2) is 0 Å². The van der Waals surface area contributed by atoms with Crippen LogP contribution >= 0.6 is 11.6 Å². The first-order valence-electron chi connectivity index (χ1n) is 4.75. The molecule has 0 aromatic heterocycles. The van der Waals surface area contributed by atoms with Gasteiger partial charge in [0, 0.05) is 10.6 Å². The molecule has 0 radical (unpaired) electrons. The SMILES string of the molecule is CC(C)(N)Cc1c(Cl)cccc1C(F)(F)F. The topological polar surface area (TPSA) is 26.0 Å². The molecule has 0 aliphatic rings. The van der Waals surface area contributed by atoms with Crippen molar-refractivity contribution in [3.05, 3.63) is 34.3 Å². The van der Waals surface area contributed by atoms with Gasteiger partial charge in [-0.15, -0.1) is 0 Å². The second-order valence-corrected chi connectivity index (χ2v) is 4.84. The fourth-order valence-corrected chi connectivity index (χ4v) is 1.70. The number of alkyl halides is 3. The first-order valence-corrected chi connectivity index (χ1v) is 5.12. The summed E-state index contributed by atoms with van der Waals surface area (Å²) in [6.07, 6.45) is -4.31. The van der Waals surface area contributed by atoms with Crippen LogP contribution in [0.2, 0.25) is 5.02 Å². The zero-order valence-electron chi connectivity index (χ0n) is 9.03. The van der Waals surface area contributed by atoms with Crippen LogP contribution in [-0.4, -0.2) is 5.54 Å². The van der Waals surface area contributed by atoms with Gasteiger partial charge in [0.25, 0.3) is 0 Å². The van der Waals surface area contributed by atoms with Crippen molar-refractivity contribution in [1.82, 2.24) is 0 Å². The van der Waals surface area contributed by atoms with E-state index in [9.17, 15) is 13.2 Å². The van der Waals surface area contributed by atoms with E-state index in [1.165, 1.54) is 12.1 Å². The minimum atomic E-state index is -4.40. The van der Waals surface area contributed by atoms with Gasteiger partial charge in [-0.3, -0.25) is 0 Å². The lowest BCUT2D eigenvalue weighted by molar-refractivity contribution is -0.138. The second kappa shape index (κ2) is 4.26. The molecule has 0 spiro atoms. The first-order chi connectivity index (χ1) is 7.11. The summed E-state index contributed by atoms with van der Waals surface area (Å²) in [5.74, 6) is 0. The van der Waals surface area contributed by atoms with Crippen molar-refractivity contribution in [2.24, 2.45) is 5.73 Å². The maximum absolute atomic E-state index is 12.7. The lowest BCUT2D eigenvalue weighted by atomic mass is 9.92. The third-order valence-electron chi connectivity index (χ3n) is 2.06. The van der Waals surface area contributed by atoms with Crippen molar-refractivity contribution in [2.75, 3.05) is 0 Å². The smallest absolute Gasteiger partial charge is 0.325 e. The van der Waals surface area contributed by atoms with Crippen molar-refractivity contribution in [1.29, 1.82) is 0 Å². The lowest BCUT2D eigenvalue weighted by Gasteiger charge is -2.22. The van der Waals surface area contributed by atoms with Gasteiger partial charge in [0.05, 0.1) is 5.56 Å². The molecule has 5 heteroatoms. The maximum Gasteiger partial charge on any atom is 0.416 e. The minimum absolute atomic E-state index is 0.0594. The molecule has 0 saturated heterocycles. The van der Waals surface area contributed by atoms with Crippen LogP contribution in [0.25, 0.3) is 0 Å². The maximum atomic E-state index is 12.7. The Bertz CT molecular complexity index is 380. The molecule has 0 amide bonds. The number of nitrogens with two attached hydrogens (primary N) is 1. The van der Waals surface area contributed by atoms with Crippen LogP contribution < -0.4 is 5.73 Å². The number of rotatable bonds is 2. The van der Waals surface area contributed by atoms with Gasteiger partial charge >= 0.3 is 6.18 Å². The molecular formula is C11H13ClF3N. The Balaban J connectivity index is 3.25. The summed E-state index contributed by atoms with van der Waals surface area (Å²) in [4.78, 5) is 0. The van der Waals surface area contributed by atoms with E-state index in [0.29, 0.717) is 0 Å². The van der Waals surface area contributed by atoms with E-state index in [2.05, 4.69) is 0 Å². The Labute approximate surface area is 97.4 Å². The molecule has 90 valence electrons. The average molecular weight is 252 g/mol. The van der Waals surface area contributed by atoms with Crippen LogP contribution in [-0.2, 0) is 12.6 Å². The molecule has 0 bridgehead atoms. The van der Waals surface area contributed by atoms with Gasteiger partial charge in [0.2, 0.25) is 0 Å². The van der Waals surface area contributed by atoms with Gasteiger partial charge in [-0.05, 0) is 38.0 Å².